The lowest BCUT2D eigenvalue weighted by Gasteiger charge is -1.76. The molecule has 6 heavy (non-hydrogen) atoms. The first-order valence-corrected chi connectivity index (χ1v) is 2.13. The summed E-state index contributed by atoms with van der Waals surface area (Å²) in [5.41, 5.74) is 0. The molecule has 0 bridgehead atoms. The van der Waals surface area contributed by atoms with E-state index in [-0.39, 0.29) is 0 Å². The molecule has 0 unspecified atom stereocenters. The Bertz CT molecular complexity index is 36.0. The first-order valence-electron chi connectivity index (χ1n) is 2.13. The third kappa shape index (κ3) is 3.48. The lowest BCUT2D eigenvalue weighted by atomic mass is 10.6. The normalized spacial score (nSPS) is 7.33. The van der Waals surface area contributed by atoms with Crippen molar-refractivity contribution < 1.29 is 0 Å². The highest BCUT2D eigenvalue weighted by molar-refractivity contribution is 4.74. The molecule has 0 aromatic rings. The van der Waals surface area contributed by atoms with Crippen LogP contribution in [0.25, 0.3) is 0 Å². The molecule has 0 radical (unpaired) electrons. The van der Waals surface area contributed by atoms with E-state index in [4.69, 9.17) is 0 Å². The van der Waals surface area contributed by atoms with Crippen molar-refractivity contribution in [2.45, 2.75) is 12.8 Å². The molecule has 0 aromatic heterocycles. The van der Waals surface area contributed by atoms with Gasteiger partial charge in [-0.2, -0.15) is 0 Å². The molecule has 0 atom stereocenters. The van der Waals surface area contributed by atoms with Crippen molar-refractivity contribution in [1.82, 2.24) is 0 Å². The van der Waals surface area contributed by atoms with E-state index >= 15 is 0 Å². The van der Waals surface area contributed by atoms with E-state index in [9.17, 15) is 0 Å². The Morgan fingerprint density at radius 3 is 2.33 bits per heavy atom. The highest BCUT2D eigenvalue weighted by atomic mass is 14.8. The Morgan fingerprint density at radius 1 is 1.50 bits per heavy atom. The average molecular weight is 84.1 g/mol. The van der Waals surface area contributed by atoms with Crippen LogP contribution in [0.3, 0.4) is 0 Å². The summed E-state index contributed by atoms with van der Waals surface area (Å²) in [5, 5.41) is 0. The fraction of sp³-hybridized carbons (Fsp3) is 0.333. The second-order valence-corrected chi connectivity index (χ2v) is 1.15. The Labute approximate surface area is 39.2 Å². The van der Waals surface area contributed by atoms with Crippen molar-refractivity contribution in [2.75, 3.05) is 0 Å². The second kappa shape index (κ2) is 4.48. The molecule has 0 saturated heterocycles. The quantitative estimate of drug-likeness (QED) is 0.363. The minimum Gasteiger partial charge on any atom is -0.103 e. The summed E-state index contributed by atoms with van der Waals surface area (Å²) < 4.78 is 0. The highest BCUT2D eigenvalue weighted by Gasteiger charge is 1.66. The summed E-state index contributed by atoms with van der Waals surface area (Å²) in [6, 6.07) is 0. The molecular weight excluding hydrogens is 74.1 g/mol. The lowest BCUT2D eigenvalue weighted by molar-refractivity contribution is 1.06. The molecule has 0 heteroatoms. The first-order chi connectivity index (χ1) is 2.91. The SMILES string of the molecule is C=CC[14CH2]C=C. The fourth-order valence-electron chi connectivity index (χ4n) is 0.236. The molecular formula is C6H10. The van der Waals surface area contributed by atoms with Crippen molar-refractivity contribution in [3.05, 3.63) is 25.3 Å². The third-order valence-corrected chi connectivity index (χ3v) is 0.575. The predicted octanol–water partition coefficient (Wildman–Crippen LogP) is 2.14. The van der Waals surface area contributed by atoms with Gasteiger partial charge in [0, 0.05) is 0 Å². The maximum atomic E-state index is 3.55. The van der Waals surface area contributed by atoms with Crippen molar-refractivity contribution in [2.24, 2.45) is 0 Å². The van der Waals surface area contributed by atoms with Crippen LogP contribution >= 0.6 is 0 Å². The zero-order valence-electron chi connectivity index (χ0n) is 3.98. The average Bonchev–Trinajstić information content (AvgIpc) is 1.61. The largest absolute Gasteiger partial charge is 0.103 e. The van der Waals surface area contributed by atoms with Gasteiger partial charge in [-0.3, -0.25) is 0 Å². The standard InChI is InChI=1S/C6H10/c1-3-5-6-4-2/h3-4H,1-2,5-6H2/i5+2. The molecule has 0 aliphatic carbocycles. The number of rotatable bonds is 3. The minimum absolute atomic E-state index is 1.06. The van der Waals surface area contributed by atoms with Gasteiger partial charge >= 0.3 is 0 Å². The van der Waals surface area contributed by atoms with Gasteiger partial charge in [-0.15, -0.1) is 13.2 Å². The molecule has 0 aliphatic heterocycles. The maximum Gasteiger partial charge on any atom is -0.0319 e. The van der Waals surface area contributed by atoms with Crippen LogP contribution < -0.4 is 0 Å². The van der Waals surface area contributed by atoms with Crippen molar-refractivity contribution >= 4 is 0 Å². The van der Waals surface area contributed by atoms with Gasteiger partial charge in [0.1, 0.15) is 0 Å². The molecule has 0 fully saturated rings. The van der Waals surface area contributed by atoms with Gasteiger partial charge in [-0.25, -0.2) is 0 Å². The van der Waals surface area contributed by atoms with Crippen molar-refractivity contribution in [1.29, 1.82) is 0 Å². The fourth-order valence-corrected chi connectivity index (χ4v) is 0.236. The van der Waals surface area contributed by atoms with Gasteiger partial charge in [0.25, 0.3) is 0 Å². The van der Waals surface area contributed by atoms with Crippen LogP contribution in [-0.4, -0.2) is 0 Å². The molecule has 0 rings (SSSR count). The summed E-state index contributed by atoms with van der Waals surface area (Å²) in [6.45, 7) is 7.10. The van der Waals surface area contributed by atoms with E-state index in [0.29, 0.717) is 0 Å². The van der Waals surface area contributed by atoms with E-state index in [0.717, 1.165) is 12.8 Å². The number of unbranched alkanes of at least 4 members (excludes halogenated alkanes) is 1. The molecule has 34 valence electrons. The van der Waals surface area contributed by atoms with Crippen molar-refractivity contribution in [3.8, 4) is 0 Å². The predicted molar refractivity (Wildman–Crippen MR) is 29.6 cm³/mol. The monoisotopic (exact) mass is 84.1 g/mol. The third-order valence-electron chi connectivity index (χ3n) is 0.575. The Hall–Kier alpha value is -0.520. The van der Waals surface area contributed by atoms with Gasteiger partial charge in [-0.1, -0.05) is 12.2 Å². The van der Waals surface area contributed by atoms with Crippen LogP contribution in [-0.2, 0) is 0 Å². The van der Waals surface area contributed by atoms with E-state index in [1.54, 1.807) is 0 Å². The summed E-state index contributed by atoms with van der Waals surface area (Å²) in [6.07, 6.45) is 5.90. The van der Waals surface area contributed by atoms with E-state index < -0.39 is 0 Å². The van der Waals surface area contributed by atoms with Crippen LogP contribution in [0.5, 0.6) is 0 Å². The van der Waals surface area contributed by atoms with Gasteiger partial charge in [0.15, 0.2) is 0 Å². The zero-order chi connectivity index (χ0) is 4.83. The minimum atomic E-state index is 1.06. The van der Waals surface area contributed by atoms with Crippen LogP contribution in [0.15, 0.2) is 25.3 Å². The lowest BCUT2D eigenvalue weighted by Crippen LogP contribution is -1.56. The number of hydrogen-bond acceptors (Lipinski definition) is 0. The Morgan fingerprint density at radius 2 is 2.17 bits per heavy atom. The molecule has 0 N–H and O–H groups in total. The molecule has 0 amide bonds. The topological polar surface area (TPSA) is 0 Å². The van der Waals surface area contributed by atoms with Crippen LogP contribution in [0.1, 0.15) is 12.8 Å². The van der Waals surface area contributed by atoms with Gasteiger partial charge in [0.2, 0.25) is 0 Å². The van der Waals surface area contributed by atoms with Gasteiger partial charge < -0.3 is 0 Å². The van der Waals surface area contributed by atoms with E-state index in [2.05, 4.69) is 13.2 Å². The van der Waals surface area contributed by atoms with Gasteiger partial charge in [0.05, 0.1) is 0 Å². The molecule has 0 aromatic carbocycles. The maximum absolute atomic E-state index is 3.55. The first kappa shape index (κ1) is 5.48. The van der Waals surface area contributed by atoms with Crippen LogP contribution in [0.2, 0.25) is 0 Å². The summed E-state index contributed by atoms with van der Waals surface area (Å²) >= 11 is 0. The molecule has 0 heterocycles. The molecule has 0 aliphatic rings. The van der Waals surface area contributed by atoms with E-state index in [1.165, 1.54) is 0 Å². The van der Waals surface area contributed by atoms with E-state index in [1.807, 2.05) is 12.2 Å². The number of hydrogen-bond donors (Lipinski definition) is 0. The smallest absolute Gasteiger partial charge is 0.0319 e. The second-order valence-electron chi connectivity index (χ2n) is 1.15. The van der Waals surface area contributed by atoms with Crippen molar-refractivity contribution in [3.63, 3.8) is 0 Å². The molecule has 0 saturated carbocycles. The van der Waals surface area contributed by atoms with Gasteiger partial charge in [-0.05, 0) is 12.8 Å². The summed E-state index contributed by atoms with van der Waals surface area (Å²) in [7, 11) is 0. The molecule has 0 spiro atoms. The zero-order valence-corrected chi connectivity index (χ0v) is 3.98. The summed E-state index contributed by atoms with van der Waals surface area (Å²) in [4.78, 5) is 0. The Kier molecular flexibility index (Phi) is 4.09. The van der Waals surface area contributed by atoms with Crippen LogP contribution in [0, 0.1) is 0 Å². The number of allylic oxidation sites excluding steroid dienone is 2. The Balaban J connectivity index is 2.66. The highest BCUT2D eigenvalue weighted by Crippen LogP contribution is 1.86. The summed E-state index contributed by atoms with van der Waals surface area (Å²) in [5.74, 6) is 0. The molecule has 0 nitrogen and oxygen atoms in total. The van der Waals surface area contributed by atoms with Crippen LogP contribution in [0.4, 0.5) is 0 Å².